The Bertz CT molecular complexity index is 282. The van der Waals surface area contributed by atoms with Crippen molar-refractivity contribution in [2.45, 2.75) is 26.4 Å². The second kappa shape index (κ2) is 6.22. The smallest absolute Gasteiger partial charge is 0.172 e. The van der Waals surface area contributed by atoms with Crippen LogP contribution in [0.3, 0.4) is 0 Å². The molecule has 0 aromatic heterocycles. The SMILES string of the molecule is COP(O)Cc1ccc(CC(C)C)cc1. The standard InChI is InChI=1S/C12H19O2P/c1-10(2)8-11-4-6-12(7-5-11)9-15(13)14-3/h4-7,10,13H,8-9H2,1-3H3. The summed E-state index contributed by atoms with van der Waals surface area (Å²) < 4.78 is 4.87. The zero-order valence-corrected chi connectivity index (χ0v) is 10.5. The average Bonchev–Trinajstić information content (AvgIpc) is 2.20. The minimum atomic E-state index is -1.28. The van der Waals surface area contributed by atoms with Crippen LogP contribution in [0.15, 0.2) is 24.3 Å². The van der Waals surface area contributed by atoms with Crippen LogP contribution in [0.4, 0.5) is 0 Å². The summed E-state index contributed by atoms with van der Waals surface area (Å²) in [5.74, 6) is 0.685. The third kappa shape index (κ3) is 4.74. The van der Waals surface area contributed by atoms with Gasteiger partial charge in [-0.05, 0) is 23.5 Å². The van der Waals surface area contributed by atoms with E-state index < -0.39 is 8.38 Å². The van der Waals surface area contributed by atoms with E-state index in [4.69, 9.17) is 4.52 Å². The Morgan fingerprint density at radius 3 is 2.20 bits per heavy atom. The summed E-state index contributed by atoms with van der Waals surface area (Å²) in [6.07, 6.45) is 1.73. The van der Waals surface area contributed by atoms with Gasteiger partial charge in [-0.2, -0.15) is 0 Å². The molecule has 0 aliphatic rings. The van der Waals surface area contributed by atoms with E-state index >= 15 is 0 Å². The van der Waals surface area contributed by atoms with Crippen LogP contribution in [0, 0.1) is 5.92 Å². The van der Waals surface area contributed by atoms with Crippen LogP contribution in [-0.4, -0.2) is 12.0 Å². The van der Waals surface area contributed by atoms with E-state index in [0.29, 0.717) is 12.1 Å². The molecule has 15 heavy (non-hydrogen) atoms. The van der Waals surface area contributed by atoms with Gasteiger partial charge in [0.25, 0.3) is 0 Å². The average molecular weight is 226 g/mol. The van der Waals surface area contributed by atoms with Gasteiger partial charge in [0, 0.05) is 13.3 Å². The Kier molecular flexibility index (Phi) is 5.24. The predicted octanol–water partition coefficient (Wildman–Crippen LogP) is 3.34. The molecule has 1 atom stereocenters. The van der Waals surface area contributed by atoms with Crippen LogP contribution in [0.25, 0.3) is 0 Å². The number of benzene rings is 1. The summed E-state index contributed by atoms with van der Waals surface area (Å²) >= 11 is 0. The second-order valence-electron chi connectivity index (χ2n) is 4.11. The van der Waals surface area contributed by atoms with E-state index in [0.717, 1.165) is 12.0 Å². The van der Waals surface area contributed by atoms with Gasteiger partial charge in [-0.3, -0.25) is 0 Å². The van der Waals surface area contributed by atoms with Gasteiger partial charge >= 0.3 is 0 Å². The first kappa shape index (κ1) is 12.6. The Morgan fingerprint density at radius 2 is 1.73 bits per heavy atom. The third-order valence-electron chi connectivity index (χ3n) is 2.20. The zero-order valence-electron chi connectivity index (χ0n) is 9.60. The van der Waals surface area contributed by atoms with Crippen LogP contribution in [0.1, 0.15) is 25.0 Å². The molecule has 1 rings (SSSR count). The molecule has 0 amide bonds. The zero-order chi connectivity index (χ0) is 11.3. The van der Waals surface area contributed by atoms with E-state index in [1.54, 1.807) is 7.11 Å². The maximum absolute atomic E-state index is 9.37. The molecule has 0 bridgehead atoms. The molecule has 2 nitrogen and oxygen atoms in total. The highest BCUT2D eigenvalue weighted by atomic mass is 31.2. The minimum Gasteiger partial charge on any atom is -0.350 e. The molecule has 1 aromatic rings. The summed E-state index contributed by atoms with van der Waals surface area (Å²) in [7, 11) is 0.260. The second-order valence-corrected chi connectivity index (χ2v) is 5.49. The van der Waals surface area contributed by atoms with Crippen LogP contribution in [-0.2, 0) is 17.1 Å². The fourth-order valence-corrected chi connectivity index (χ4v) is 2.13. The van der Waals surface area contributed by atoms with Crippen LogP contribution < -0.4 is 0 Å². The Morgan fingerprint density at radius 1 is 1.20 bits per heavy atom. The highest BCUT2D eigenvalue weighted by molar-refractivity contribution is 7.45. The summed E-state index contributed by atoms with van der Waals surface area (Å²) in [4.78, 5) is 9.37. The lowest BCUT2D eigenvalue weighted by Crippen LogP contribution is -1.94. The molecule has 0 heterocycles. The van der Waals surface area contributed by atoms with E-state index in [-0.39, 0.29) is 0 Å². The summed E-state index contributed by atoms with van der Waals surface area (Å²) in [5.41, 5.74) is 2.49. The largest absolute Gasteiger partial charge is 0.350 e. The van der Waals surface area contributed by atoms with Gasteiger partial charge in [0.05, 0.1) is 0 Å². The van der Waals surface area contributed by atoms with Crippen molar-refractivity contribution in [3.8, 4) is 0 Å². The molecular formula is C12H19O2P. The van der Waals surface area contributed by atoms with Gasteiger partial charge in [-0.25, -0.2) is 0 Å². The van der Waals surface area contributed by atoms with Gasteiger partial charge in [-0.1, -0.05) is 38.1 Å². The highest BCUT2D eigenvalue weighted by Gasteiger charge is 2.04. The normalized spacial score (nSPS) is 13.1. The van der Waals surface area contributed by atoms with E-state index in [2.05, 4.69) is 38.1 Å². The maximum Gasteiger partial charge on any atom is 0.172 e. The van der Waals surface area contributed by atoms with Crippen molar-refractivity contribution in [2.24, 2.45) is 5.92 Å². The Hall–Kier alpha value is -0.430. The molecular weight excluding hydrogens is 207 g/mol. The van der Waals surface area contributed by atoms with Crippen molar-refractivity contribution < 1.29 is 9.42 Å². The molecule has 0 saturated heterocycles. The fraction of sp³-hybridized carbons (Fsp3) is 0.500. The Balaban J connectivity index is 2.56. The summed E-state index contributed by atoms with van der Waals surface area (Å²) in [5, 5.41) is 0. The van der Waals surface area contributed by atoms with Crippen LogP contribution in [0.2, 0.25) is 0 Å². The van der Waals surface area contributed by atoms with Crippen molar-refractivity contribution in [1.82, 2.24) is 0 Å². The molecule has 0 aliphatic heterocycles. The highest BCUT2D eigenvalue weighted by Crippen LogP contribution is 2.34. The lowest BCUT2D eigenvalue weighted by molar-refractivity contribution is 0.389. The maximum atomic E-state index is 9.37. The van der Waals surface area contributed by atoms with Gasteiger partial charge in [0.1, 0.15) is 0 Å². The van der Waals surface area contributed by atoms with Crippen molar-refractivity contribution >= 4 is 8.38 Å². The van der Waals surface area contributed by atoms with E-state index in [1.807, 2.05) is 0 Å². The number of hydrogen-bond donors (Lipinski definition) is 1. The molecule has 0 aliphatic carbocycles. The summed E-state index contributed by atoms with van der Waals surface area (Å²) in [6.45, 7) is 4.43. The first-order valence-electron chi connectivity index (χ1n) is 5.20. The Labute approximate surface area is 93.2 Å². The number of rotatable bonds is 5. The molecule has 1 aromatic carbocycles. The molecule has 0 radical (unpaired) electrons. The molecule has 0 saturated carbocycles. The van der Waals surface area contributed by atoms with Gasteiger partial charge in [-0.15, -0.1) is 0 Å². The molecule has 1 unspecified atom stereocenters. The molecule has 1 N–H and O–H groups in total. The molecule has 0 fully saturated rings. The van der Waals surface area contributed by atoms with Gasteiger partial charge < -0.3 is 9.42 Å². The van der Waals surface area contributed by atoms with Crippen molar-refractivity contribution in [3.63, 3.8) is 0 Å². The van der Waals surface area contributed by atoms with E-state index in [1.165, 1.54) is 5.56 Å². The molecule has 84 valence electrons. The fourth-order valence-electron chi connectivity index (χ4n) is 1.47. The van der Waals surface area contributed by atoms with Gasteiger partial charge in [0.2, 0.25) is 0 Å². The van der Waals surface area contributed by atoms with Gasteiger partial charge in [0.15, 0.2) is 8.38 Å². The quantitative estimate of drug-likeness (QED) is 0.780. The lowest BCUT2D eigenvalue weighted by Gasteiger charge is -2.09. The van der Waals surface area contributed by atoms with Crippen molar-refractivity contribution in [3.05, 3.63) is 35.4 Å². The third-order valence-corrected chi connectivity index (χ3v) is 3.25. The topological polar surface area (TPSA) is 29.5 Å². The number of hydrogen-bond acceptors (Lipinski definition) is 2. The summed E-state index contributed by atoms with van der Waals surface area (Å²) in [6, 6.07) is 8.41. The first-order chi connectivity index (χ1) is 7.11. The molecule has 0 spiro atoms. The van der Waals surface area contributed by atoms with E-state index in [9.17, 15) is 4.89 Å². The van der Waals surface area contributed by atoms with Crippen molar-refractivity contribution in [1.29, 1.82) is 0 Å². The first-order valence-corrected chi connectivity index (χ1v) is 6.60. The lowest BCUT2D eigenvalue weighted by atomic mass is 10.0. The minimum absolute atomic E-state index is 0.619. The van der Waals surface area contributed by atoms with Crippen molar-refractivity contribution in [2.75, 3.05) is 7.11 Å². The predicted molar refractivity (Wildman–Crippen MR) is 64.8 cm³/mol. The monoisotopic (exact) mass is 226 g/mol. The van der Waals surface area contributed by atoms with Crippen LogP contribution >= 0.6 is 8.38 Å². The van der Waals surface area contributed by atoms with Crippen LogP contribution in [0.5, 0.6) is 0 Å². The molecule has 3 heteroatoms.